The monoisotopic (exact) mass is 235 g/mol. The number of thioether (sulfide) groups is 1. The van der Waals surface area contributed by atoms with Gasteiger partial charge >= 0.3 is 0 Å². The van der Waals surface area contributed by atoms with E-state index in [-0.39, 0.29) is 17.1 Å². The van der Waals surface area contributed by atoms with Gasteiger partial charge in [-0.1, -0.05) is 25.1 Å². The molecule has 0 aromatic heterocycles. The van der Waals surface area contributed by atoms with Crippen LogP contribution < -0.4 is 0 Å². The molecule has 0 rings (SSSR count). The molecular weight excluding hydrogens is 218 g/mol. The van der Waals surface area contributed by atoms with Gasteiger partial charge in [0.15, 0.2) is 5.12 Å². The Labute approximate surface area is 93.7 Å². The third-order valence-electron chi connectivity index (χ3n) is 1.61. The first-order valence-corrected chi connectivity index (χ1v) is 5.78. The SMILES string of the molecule is CCCC(OC(C)C[N+](=O)[O-])SC(C)=O. The number of ether oxygens (including phenoxy) is 1. The molecule has 0 aromatic rings. The number of nitrogens with zero attached hydrogens (tertiary/aromatic N) is 1. The second-order valence-corrected chi connectivity index (χ2v) is 4.63. The van der Waals surface area contributed by atoms with Gasteiger partial charge in [-0.25, -0.2) is 0 Å². The fraction of sp³-hybridized carbons (Fsp3) is 0.889. The van der Waals surface area contributed by atoms with Crippen LogP contribution in [0, 0.1) is 10.1 Å². The molecule has 0 aromatic carbocycles. The van der Waals surface area contributed by atoms with Gasteiger partial charge in [-0.05, 0) is 13.3 Å². The Bertz CT molecular complexity index is 222. The molecule has 0 aliphatic rings. The van der Waals surface area contributed by atoms with E-state index in [1.165, 1.54) is 6.92 Å². The van der Waals surface area contributed by atoms with Crippen LogP contribution in [0.25, 0.3) is 0 Å². The number of hydrogen-bond donors (Lipinski definition) is 0. The molecule has 6 heteroatoms. The van der Waals surface area contributed by atoms with Crippen molar-refractivity contribution in [1.29, 1.82) is 0 Å². The third-order valence-corrected chi connectivity index (χ3v) is 2.55. The number of carbonyl (C=O) groups is 1. The highest BCUT2D eigenvalue weighted by Gasteiger charge is 2.18. The van der Waals surface area contributed by atoms with Crippen molar-refractivity contribution < 1.29 is 14.5 Å². The van der Waals surface area contributed by atoms with E-state index in [1.54, 1.807) is 6.92 Å². The first-order chi connectivity index (χ1) is 6.95. The Morgan fingerprint density at radius 3 is 2.60 bits per heavy atom. The zero-order valence-electron chi connectivity index (χ0n) is 9.26. The summed E-state index contributed by atoms with van der Waals surface area (Å²) in [5, 5.41) is 10.2. The molecule has 15 heavy (non-hydrogen) atoms. The molecule has 88 valence electrons. The second kappa shape index (κ2) is 7.64. The lowest BCUT2D eigenvalue weighted by Crippen LogP contribution is -2.25. The summed E-state index contributed by atoms with van der Waals surface area (Å²) in [5.41, 5.74) is -0.262. The summed E-state index contributed by atoms with van der Waals surface area (Å²) in [5.74, 6) is 0. The van der Waals surface area contributed by atoms with E-state index >= 15 is 0 Å². The Morgan fingerprint density at radius 1 is 1.60 bits per heavy atom. The van der Waals surface area contributed by atoms with Crippen molar-refractivity contribution in [3.63, 3.8) is 0 Å². The van der Waals surface area contributed by atoms with Crippen molar-refractivity contribution in [2.75, 3.05) is 6.54 Å². The van der Waals surface area contributed by atoms with Crippen molar-refractivity contribution >= 4 is 16.9 Å². The normalized spacial score (nSPS) is 14.6. The standard InChI is InChI=1S/C9H17NO4S/c1-4-5-9(15-8(3)11)14-7(2)6-10(12)13/h7,9H,4-6H2,1-3H3. The fourth-order valence-corrected chi connectivity index (χ4v) is 2.06. The van der Waals surface area contributed by atoms with Crippen LogP contribution in [0.5, 0.6) is 0 Å². The lowest BCUT2D eigenvalue weighted by molar-refractivity contribution is -0.490. The first-order valence-electron chi connectivity index (χ1n) is 4.90. The number of rotatable bonds is 7. The van der Waals surface area contributed by atoms with E-state index in [0.29, 0.717) is 0 Å². The molecule has 0 heterocycles. The molecule has 0 spiro atoms. The minimum Gasteiger partial charge on any atom is -0.357 e. The fourth-order valence-electron chi connectivity index (χ4n) is 1.09. The summed E-state index contributed by atoms with van der Waals surface area (Å²) in [6.07, 6.45) is 1.16. The van der Waals surface area contributed by atoms with Gasteiger partial charge in [-0.15, -0.1) is 0 Å². The second-order valence-electron chi connectivity index (χ2n) is 3.29. The van der Waals surface area contributed by atoms with Gasteiger partial charge in [0.1, 0.15) is 11.5 Å². The van der Waals surface area contributed by atoms with Crippen LogP contribution in [0.4, 0.5) is 0 Å². The Balaban J connectivity index is 4.02. The van der Waals surface area contributed by atoms with Gasteiger partial charge in [0, 0.05) is 11.8 Å². The summed E-state index contributed by atoms with van der Waals surface area (Å²) in [4.78, 5) is 20.7. The number of nitro groups is 1. The van der Waals surface area contributed by atoms with Crippen LogP contribution in [-0.4, -0.2) is 28.1 Å². The molecule has 0 fully saturated rings. The maximum Gasteiger partial charge on any atom is 0.229 e. The Kier molecular flexibility index (Phi) is 7.33. The molecule has 0 saturated carbocycles. The summed E-state index contributed by atoms with van der Waals surface area (Å²) in [6, 6.07) is 0. The zero-order valence-corrected chi connectivity index (χ0v) is 10.1. The highest BCUT2D eigenvalue weighted by molar-refractivity contribution is 8.13. The molecule has 0 aliphatic heterocycles. The molecule has 0 amide bonds. The molecule has 2 unspecified atom stereocenters. The van der Waals surface area contributed by atoms with Crippen molar-refractivity contribution in [2.24, 2.45) is 0 Å². The Morgan fingerprint density at radius 2 is 2.20 bits per heavy atom. The van der Waals surface area contributed by atoms with E-state index in [0.717, 1.165) is 24.6 Å². The van der Waals surface area contributed by atoms with Crippen LogP contribution in [0.15, 0.2) is 0 Å². The van der Waals surface area contributed by atoms with Crippen molar-refractivity contribution in [3.8, 4) is 0 Å². The van der Waals surface area contributed by atoms with Gasteiger partial charge in [0.2, 0.25) is 6.54 Å². The average molecular weight is 235 g/mol. The van der Waals surface area contributed by atoms with E-state index in [4.69, 9.17) is 4.74 Å². The van der Waals surface area contributed by atoms with Gasteiger partial charge in [0.25, 0.3) is 0 Å². The van der Waals surface area contributed by atoms with E-state index in [9.17, 15) is 14.9 Å². The van der Waals surface area contributed by atoms with Crippen molar-refractivity contribution in [2.45, 2.75) is 45.2 Å². The number of hydrogen-bond acceptors (Lipinski definition) is 5. The van der Waals surface area contributed by atoms with Crippen LogP contribution >= 0.6 is 11.8 Å². The van der Waals surface area contributed by atoms with Crippen LogP contribution in [0.3, 0.4) is 0 Å². The minimum atomic E-state index is -0.455. The highest BCUT2D eigenvalue weighted by atomic mass is 32.2. The molecular formula is C9H17NO4S. The summed E-state index contributed by atoms with van der Waals surface area (Å²) in [6.45, 7) is 4.87. The zero-order chi connectivity index (χ0) is 11.8. The summed E-state index contributed by atoms with van der Waals surface area (Å²) >= 11 is 1.10. The smallest absolute Gasteiger partial charge is 0.229 e. The quantitative estimate of drug-likeness (QED) is 0.384. The molecule has 0 saturated heterocycles. The van der Waals surface area contributed by atoms with E-state index in [2.05, 4.69) is 0 Å². The summed E-state index contributed by atoms with van der Waals surface area (Å²) < 4.78 is 5.41. The van der Waals surface area contributed by atoms with Gasteiger partial charge in [0.05, 0.1) is 0 Å². The third kappa shape index (κ3) is 8.38. The first kappa shape index (κ1) is 14.4. The molecule has 0 N–H and O–H groups in total. The molecule has 2 atom stereocenters. The molecule has 0 aliphatic carbocycles. The van der Waals surface area contributed by atoms with Crippen LogP contribution in [-0.2, 0) is 9.53 Å². The Hall–Kier alpha value is -0.620. The van der Waals surface area contributed by atoms with E-state index < -0.39 is 11.0 Å². The van der Waals surface area contributed by atoms with Gasteiger partial charge < -0.3 is 4.74 Å². The highest BCUT2D eigenvalue weighted by Crippen LogP contribution is 2.20. The van der Waals surface area contributed by atoms with Gasteiger partial charge in [-0.3, -0.25) is 14.9 Å². The number of carbonyl (C=O) groups excluding carboxylic acids is 1. The maximum absolute atomic E-state index is 10.9. The molecule has 5 nitrogen and oxygen atoms in total. The van der Waals surface area contributed by atoms with Crippen LogP contribution in [0.2, 0.25) is 0 Å². The van der Waals surface area contributed by atoms with E-state index in [1.807, 2.05) is 6.92 Å². The average Bonchev–Trinajstić information content (AvgIpc) is 2.00. The van der Waals surface area contributed by atoms with Crippen molar-refractivity contribution in [1.82, 2.24) is 0 Å². The van der Waals surface area contributed by atoms with Crippen molar-refractivity contribution in [3.05, 3.63) is 10.1 Å². The minimum absolute atomic E-state index is 0.0262. The molecule has 0 bridgehead atoms. The predicted octanol–water partition coefficient (Wildman–Crippen LogP) is 2.07. The van der Waals surface area contributed by atoms with Gasteiger partial charge in [-0.2, -0.15) is 0 Å². The largest absolute Gasteiger partial charge is 0.357 e. The molecule has 0 radical (unpaired) electrons. The maximum atomic E-state index is 10.9. The van der Waals surface area contributed by atoms with Crippen LogP contribution in [0.1, 0.15) is 33.6 Å². The summed E-state index contributed by atoms with van der Waals surface area (Å²) in [7, 11) is 0. The topological polar surface area (TPSA) is 69.4 Å². The lowest BCUT2D eigenvalue weighted by Gasteiger charge is -2.18. The lowest BCUT2D eigenvalue weighted by atomic mass is 10.3. The predicted molar refractivity (Wildman–Crippen MR) is 59.4 cm³/mol.